The summed E-state index contributed by atoms with van der Waals surface area (Å²) in [4.78, 5) is 10.6. The Morgan fingerprint density at radius 1 is 1.54 bits per heavy atom. The maximum Gasteiger partial charge on any atom is 0.369 e. The van der Waals surface area contributed by atoms with Crippen molar-refractivity contribution in [1.29, 1.82) is 0 Å². The zero-order chi connectivity index (χ0) is 9.26. The Morgan fingerprint density at radius 2 is 2.38 bits per heavy atom. The Morgan fingerprint density at radius 3 is 3.15 bits per heavy atom. The quantitative estimate of drug-likeness (QED) is 0.581. The van der Waals surface area contributed by atoms with E-state index in [0.717, 1.165) is 4.70 Å². The summed E-state index contributed by atoms with van der Waals surface area (Å²) >= 11 is 4.76. The molecule has 66 valence electrons. The van der Waals surface area contributed by atoms with Gasteiger partial charge in [-0.1, -0.05) is 23.2 Å². The van der Waals surface area contributed by atoms with E-state index in [1.54, 1.807) is 12.1 Å². The fourth-order valence-corrected chi connectivity index (χ4v) is 1.63. The number of carbonyl (C=O) groups is 1. The molecular weight excluding hydrogens is 208 g/mol. The van der Waals surface area contributed by atoms with Gasteiger partial charge < -0.3 is 4.74 Å². The molecule has 0 aliphatic rings. The largest absolute Gasteiger partial charge is 0.416 e. The van der Waals surface area contributed by atoms with Crippen LogP contribution in [0.25, 0.3) is 10.2 Å². The normalized spacial score (nSPS) is 10.2. The molecule has 0 bridgehead atoms. The summed E-state index contributed by atoms with van der Waals surface area (Å²) in [5.74, 6) is 0.395. The van der Waals surface area contributed by atoms with E-state index in [2.05, 4.69) is 22.2 Å². The molecule has 0 radical (unpaired) electrons. The summed E-state index contributed by atoms with van der Waals surface area (Å²) in [6, 6.07) is 5.28. The van der Waals surface area contributed by atoms with Gasteiger partial charge in [0.1, 0.15) is 5.52 Å². The van der Waals surface area contributed by atoms with Gasteiger partial charge in [0.15, 0.2) is 5.75 Å². The summed E-state index contributed by atoms with van der Waals surface area (Å²) in [7, 11) is 0. The highest BCUT2D eigenvalue weighted by molar-refractivity contribution is 7.96. The Kier molecular flexibility index (Phi) is 2.15. The average molecular weight is 212 g/mol. The average Bonchev–Trinajstić information content (AvgIpc) is 2.51. The number of thiol groups is 1. The van der Waals surface area contributed by atoms with Crippen molar-refractivity contribution < 1.29 is 9.53 Å². The Balaban J connectivity index is 2.54. The highest BCUT2D eigenvalue weighted by Crippen LogP contribution is 2.25. The van der Waals surface area contributed by atoms with Gasteiger partial charge in [-0.3, -0.25) is 0 Å². The lowest BCUT2D eigenvalue weighted by Gasteiger charge is -1.98. The second-order valence-electron chi connectivity index (χ2n) is 2.24. The lowest BCUT2D eigenvalue weighted by molar-refractivity contribution is 0.228. The molecule has 0 unspecified atom stereocenters. The number of nitrogens with zero attached hydrogens (tertiary/aromatic N) is 2. The lowest BCUT2D eigenvalue weighted by atomic mass is 10.3. The van der Waals surface area contributed by atoms with E-state index >= 15 is 0 Å². The van der Waals surface area contributed by atoms with Gasteiger partial charge in [0, 0.05) is 0 Å². The second kappa shape index (κ2) is 3.31. The number of hydrogen-bond donors (Lipinski definition) is 1. The third kappa shape index (κ3) is 1.63. The third-order valence-corrected chi connectivity index (χ3v) is 2.22. The van der Waals surface area contributed by atoms with Crippen molar-refractivity contribution >= 4 is 39.7 Å². The third-order valence-electron chi connectivity index (χ3n) is 1.44. The summed E-state index contributed by atoms with van der Waals surface area (Å²) < 4.78 is 9.44. The Bertz CT molecular complexity index is 454. The maximum absolute atomic E-state index is 10.6. The molecule has 0 N–H and O–H groups in total. The lowest BCUT2D eigenvalue weighted by Crippen LogP contribution is -1.96. The van der Waals surface area contributed by atoms with Crippen LogP contribution in [0.2, 0.25) is 0 Å². The first-order valence-corrected chi connectivity index (χ1v) is 4.61. The maximum atomic E-state index is 10.6. The van der Waals surface area contributed by atoms with Crippen LogP contribution in [-0.4, -0.2) is 14.9 Å². The number of carbonyl (C=O) groups excluding carboxylic acids is 1. The van der Waals surface area contributed by atoms with Gasteiger partial charge in [-0.05, 0) is 23.7 Å². The van der Waals surface area contributed by atoms with Crippen LogP contribution < -0.4 is 4.74 Å². The van der Waals surface area contributed by atoms with Crippen LogP contribution in [0.5, 0.6) is 5.75 Å². The molecule has 0 atom stereocenters. The van der Waals surface area contributed by atoms with E-state index in [4.69, 9.17) is 4.74 Å². The zero-order valence-corrected chi connectivity index (χ0v) is 8.01. The number of hydrogen-bond acceptors (Lipinski definition) is 5. The minimum Gasteiger partial charge on any atom is -0.416 e. The smallest absolute Gasteiger partial charge is 0.369 e. The van der Waals surface area contributed by atoms with Gasteiger partial charge in [-0.2, -0.15) is 0 Å². The molecule has 0 saturated carbocycles. The molecule has 4 nitrogen and oxygen atoms in total. The van der Waals surface area contributed by atoms with Gasteiger partial charge in [0.05, 0.1) is 4.70 Å². The molecule has 0 fully saturated rings. The van der Waals surface area contributed by atoms with Gasteiger partial charge in [-0.15, -0.1) is 5.10 Å². The number of ether oxygens (including phenoxy) is 1. The molecule has 1 aromatic carbocycles. The molecule has 0 saturated heterocycles. The minimum atomic E-state index is -0.652. The summed E-state index contributed by atoms with van der Waals surface area (Å²) in [6.45, 7) is 0. The number of rotatable bonds is 1. The fourth-order valence-electron chi connectivity index (χ4n) is 0.956. The molecule has 13 heavy (non-hydrogen) atoms. The summed E-state index contributed by atoms with van der Waals surface area (Å²) in [6.07, 6.45) is 0. The van der Waals surface area contributed by atoms with Crippen molar-refractivity contribution in [2.24, 2.45) is 0 Å². The van der Waals surface area contributed by atoms with Crippen molar-refractivity contribution in [2.75, 3.05) is 0 Å². The first kappa shape index (κ1) is 8.46. The monoisotopic (exact) mass is 212 g/mol. The van der Waals surface area contributed by atoms with E-state index in [1.807, 2.05) is 6.07 Å². The van der Waals surface area contributed by atoms with Crippen LogP contribution in [0.3, 0.4) is 0 Å². The molecule has 0 aliphatic carbocycles. The van der Waals surface area contributed by atoms with Crippen molar-refractivity contribution in [1.82, 2.24) is 9.59 Å². The molecule has 0 aliphatic heterocycles. The predicted molar refractivity (Wildman–Crippen MR) is 52.4 cm³/mol. The molecule has 6 heteroatoms. The summed E-state index contributed by atoms with van der Waals surface area (Å²) in [5, 5.41) is 3.18. The molecular formula is C7H4N2O2S2. The van der Waals surface area contributed by atoms with Crippen molar-refractivity contribution in [3.63, 3.8) is 0 Å². The first-order valence-electron chi connectivity index (χ1n) is 3.39. The van der Waals surface area contributed by atoms with Crippen LogP contribution in [0.15, 0.2) is 18.2 Å². The molecule has 0 amide bonds. The number of fused-ring (bicyclic) bond motifs is 1. The summed E-state index contributed by atoms with van der Waals surface area (Å²) in [5.41, 5.74) is 0.593. The zero-order valence-electron chi connectivity index (χ0n) is 6.30. The van der Waals surface area contributed by atoms with Crippen LogP contribution in [0.1, 0.15) is 0 Å². The molecule has 2 rings (SSSR count). The van der Waals surface area contributed by atoms with Crippen LogP contribution in [0, 0.1) is 0 Å². The molecule has 0 spiro atoms. The predicted octanol–water partition coefficient (Wildman–Crippen LogP) is 2.12. The van der Waals surface area contributed by atoms with Gasteiger partial charge in [0.2, 0.25) is 0 Å². The van der Waals surface area contributed by atoms with Crippen molar-refractivity contribution in [3.05, 3.63) is 18.2 Å². The standard InChI is InChI=1S/C7H4N2O2S2/c10-7(12)11-4-2-1-3-5-6(4)8-9-13-5/h1-3H,(H,10,12). The van der Waals surface area contributed by atoms with E-state index in [-0.39, 0.29) is 0 Å². The highest BCUT2D eigenvalue weighted by Gasteiger charge is 2.07. The number of aromatic nitrogens is 2. The van der Waals surface area contributed by atoms with Gasteiger partial charge >= 0.3 is 5.30 Å². The number of benzene rings is 1. The first-order chi connectivity index (χ1) is 6.27. The van der Waals surface area contributed by atoms with Gasteiger partial charge in [0.25, 0.3) is 0 Å². The van der Waals surface area contributed by atoms with Crippen LogP contribution >= 0.6 is 24.2 Å². The van der Waals surface area contributed by atoms with Crippen LogP contribution in [-0.2, 0) is 0 Å². The van der Waals surface area contributed by atoms with Crippen molar-refractivity contribution in [3.8, 4) is 5.75 Å². The fraction of sp³-hybridized carbons (Fsp3) is 0. The Labute approximate surface area is 83.1 Å². The second-order valence-corrected chi connectivity index (χ2v) is 3.39. The van der Waals surface area contributed by atoms with E-state index < -0.39 is 5.30 Å². The SMILES string of the molecule is O=C(S)Oc1cccc2snnc12. The topological polar surface area (TPSA) is 52.1 Å². The van der Waals surface area contributed by atoms with E-state index in [9.17, 15) is 4.79 Å². The van der Waals surface area contributed by atoms with Crippen molar-refractivity contribution in [2.45, 2.75) is 0 Å². The molecule has 1 heterocycles. The molecule has 1 aromatic heterocycles. The van der Waals surface area contributed by atoms with E-state index in [1.165, 1.54) is 11.5 Å². The van der Waals surface area contributed by atoms with Crippen LogP contribution in [0.4, 0.5) is 4.79 Å². The van der Waals surface area contributed by atoms with E-state index in [0.29, 0.717) is 11.3 Å². The van der Waals surface area contributed by atoms with Gasteiger partial charge in [-0.25, -0.2) is 4.79 Å². The Hall–Kier alpha value is -1.14. The highest BCUT2D eigenvalue weighted by atomic mass is 32.1. The minimum absolute atomic E-state index is 0.395. The molecule has 2 aromatic rings.